The van der Waals surface area contributed by atoms with Gasteiger partial charge in [0, 0.05) is 5.41 Å². The summed E-state index contributed by atoms with van der Waals surface area (Å²) in [5, 5.41) is 10.9. The molecule has 4 atom stereocenters. The van der Waals surface area contributed by atoms with Crippen LogP contribution in [0.5, 0.6) is 11.5 Å². The minimum atomic E-state index is -0.755. The van der Waals surface area contributed by atoms with Gasteiger partial charge in [0.05, 0.1) is 33.4 Å². The van der Waals surface area contributed by atoms with Crippen LogP contribution in [0.25, 0.3) is 0 Å². The van der Waals surface area contributed by atoms with E-state index in [-0.39, 0.29) is 11.7 Å². The van der Waals surface area contributed by atoms with Crippen LogP contribution >= 0.6 is 0 Å². The van der Waals surface area contributed by atoms with E-state index in [1.165, 1.54) is 7.11 Å². The van der Waals surface area contributed by atoms with Gasteiger partial charge in [-0.05, 0) is 42.5 Å². The molecule has 4 unspecified atom stereocenters. The van der Waals surface area contributed by atoms with E-state index in [1.54, 1.807) is 26.4 Å². The first-order valence-electron chi connectivity index (χ1n) is 8.33. The highest BCUT2D eigenvalue weighted by Crippen LogP contribution is 2.57. The maximum atomic E-state index is 12.8. The number of Topliss-reactive ketones (excluding diaryl/α,β-unsaturated/α-hetero) is 1. The lowest BCUT2D eigenvalue weighted by atomic mass is 9.74. The molecular weight excluding hydrogens is 320 g/mol. The van der Waals surface area contributed by atoms with Crippen molar-refractivity contribution in [1.29, 1.82) is 0 Å². The summed E-state index contributed by atoms with van der Waals surface area (Å²) in [6.07, 6.45) is 4.07. The second-order valence-electron chi connectivity index (χ2n) is 6.70. The number of ketones is 1. The maximum Gasteiger partial charge on any atom is 0.203 e. The van der Waals surface area contributed by atoms with E-state index in [2.05, 4.69) is 6.58 Å². The molecule has 2 aliphatic carbocycles. The van der Waals surface area contributed by atoms with E-state index in [0.29, 0.717) is 30.1 Å². The summed E-state index contributed by atoms with van der Waals surface area (Å²) in [5.41, 5.74) is 0.426. The number of fused-ring (bicyclic) bond motifs is 2. The zero-order valence-corrected chi connectivity index (χ0v) is 14.8. The average molecular weight is 344 g/mol. The van der Waals surface area contributed by atoms with Gasteiger partial charge < -0.3 is 19.3 Å². The molecule has 134 valence electrons. The third-order valence-corrected chi connectivity index (χ3v) is 5.51. The van der Waals surface area contributed by atoms with Crippen LogP contribution in [0.4, 0.5) is 0 Å². The zero-order chi connectivity index (χ0) is 18.2. The van der Waals surface area contributed by atoms with Crippen molar-refractivity contribution < 1.29 is 24.1 Å². The lowest BCUT2D eigenvalue weighted by Crippen LogP contribution is -2.40. The SMILES string of the molecule is C=CCC12C=C(OC)C(=O)C(C(c3ccc(OC)c(OC)c3)C1)C2O. The Morgan fingerprint density at radius 2 is 1.96 bits per heavy atom. The first-order chi connectivity index (χ1) is 12.0. The van der Waals surface area contributed by atoms with Crippen molar-refractivity contribution in [2.24, 2.45) is 11.3 Å². The summed E-state index contributed by atoms with van der Waals surface area (Å²) in [7, 11) is 4.66. The van der Waals surface area contributed by atoms with E-state index >= 15 is 0 Å². The Bertz CT molecular complexity index is 723. The smallest absolute Gasteiger partial charge is 0.203 e. The number of aliphatic hydroxyl groups is 1. The third-order valence-electron chi connectivity index (χ3n) is 5.51. The number of ether oxygens (including phenoxy) is 3. The first-order valence-corrected chi connectivity index (χ1v) is 8.33. The molecule has 2 aliphatic rings. The number of aliphatic hydroxyl groups excluding tert-OH is 1. The second kappa shape index (κ2) is 6.56. The number of methoxy groups -OCH3 is 3. The molecule has 0 saturated heterocycles. The normalized spacial score (nSPS) is 30.6. The Morgan fingerprint density at radius 3 is 2.56 bits per heavy atom. The zero-order valence-electron chi connectivity index (χ0n) is 14.8. The Kier molecular flexibility index (Phi) is 4.60. The lowest BCUT2D eigenvalue weighted by molar-refractivity contribution is -0.128. The van der Waals surface area contributed by atoms with Gasteiger partial charge in [-0.15, -0.1) is 6.58 Å². The van der Waals surface area contributed by atoms with Gasteiger partial charge in [0.2, 0.25) is 5.78 Å². The molecule has 1 fully saturated rings. The van der Waals surface area contributed by atoms with Gasteiger partial charge in [-0.25, -0.2) is 0 Å². The van der Waals surface area contributed by atoms with Gasteiger partial charge in [-0.3, -0.25) is 4.79 Å². The fourth-order valence-corrected chi connectivity index (χ4v) is 4.30. The van der Waals surface area contributed by atoms with Crippen LogP contribution in [-0.4, -0.2) is 38.3 Å². The van der Waals surface area contributed by atoms with Crippen LogP contribution in [0.3, 0.4) is 0 Å². The van der Waals surface area contributed by atoms with Crippen molar-refractivity contribution in [3.63, 3.8) is 0 Å². The number of carbonyl (C=O) groups is 1. The summed E-state index contributed by atoms with van der Waals surface area (Å²) in [6, 6.07) is 5.65. The molecule has 0 aliphatic heterocycles. The van der Waals surface area contributed by atoms with E-state index in [1.807, 2.05) is 18.2 Å². The molecule has 1 aromatic rings. The summed E-state index contributed by atoms with van der Waals surface area (Å²) >= 11 is 0. The maximum absolute atomic E-state index is 12.8. The molecule has 0 heterocycles. The largest absolute Gasteiger partial charge is 0.493 e. The van der Waals surface area contributed by atoms with Gasteiger partial charge in [0.25, 0.3) is 0 Å². The minimum absolute atomic E-state index is 0.119. The van der Waals surface area contributed by atoms with Gasteiger partial charge in [-0.2, -0.15) is 0 Å². The monoisotopic (exact) mass is 344 g/mol. The molecule has 5 nitrogen and oxygen atoms in total. The first kappa shape index (κ1) is 17.5. The molecule has 5 heteroatoms. The highest BCUT2D eigenvalue weighted by Gasteiger charge is 2.58. The molecule has 1 aromatic carbocycles. The predicted molar refractivity (Wildman–Crippen MR) is 93.7 cm³/mol. The van der Waals surface area contributed by atoms with Gasteiger partial charge in [-0.1, -0.05) is 12.1 Å². The highest BCUT2D eigenvalue weighted by molar-refractivity contribution is 5.98. The standard InChI is InChI=1S/C20H24O5/c1-5-8-20-10-13(12-6-7-14(23-2)15(9-12)24-3)17(19(20)22)18(21)16(11-20)25-4/h5-7,9,11,13,17,19,22H,1,8,10H2,2-4H3. The number of hydrogen-bond acceptors (Lipinski definition) is 5. The molecule has 0 radical (unpaired) electrons. The van der Waals surface area contributed by atoms with E-state index in [4.69, 9.17) is 14.2 Å². The molecular formula is C20H24O5. The summed E-state index contributed by atoms with van der Waals surface area (Å²) in [5.74, 6) is 0.785. The van der Waals surface area contributed by atoms with Crippen LogP contribution in [0, 0.1) is 11.3 Å². The van der Waals surface area contributed by atoms with Crippen molar-refractivity contribution in [2.45, 2.75) is 24.9 Å². The summed E-state index contributed by atoms with van der Waals surface area (Å²) in [6.45, 7) is 3.82. The molecule has 25 heavy (non-hydrogen) atoms. The van der Waals surface area contributed by atoms with Crippen LogP contribution in [-0.2, 0) is 9.53 Å². The quantitative estimate of drug-likeness (QED) is 0.804. The lowest BCUT2D eigenvalue weighted by Gasteiger charge is -2.34. The van der Waals surface area contributed by atoms with Crippen molar-refractivity contribution in [3.8, 4) is 11.5 Å². The van der Waals surface area contributed by atoms with Crippen molar-refractivity contribution in [3.05, 3.63) is 48.3 Å². The Morgan fingerprint density at radius 1 is 1.24 bits per heavy atom. The van der Waals surface area contributed by atoms with E-state index in [0.717, 1.165) is 5.56 Å². The van der Waals surface area contributed by atoms with Gasteiger partial charge in [0.15, 0.2) is 17.3 Å². The third kappa shape index (κ3) is 2.63. The van der Waals surface area contributed by atoms with Gasteiger partial charge in [0.1, 0.15) is 0 Å². The molecule has 1 saturated carbocycles. The molecule has 0 amide bonds. The Labute approximate surface area is 147 Å². The molecule has 1 N–H and O–H groups in total. The minimum Gasteiger partial charge on any atom is -0.493 e. The van der Waals surface area contributed by atoms with Gasteiger partial charge >= 0.3 is 0 Å². The van der Waals surface area contributed by atoms with Crippen molar-refractivity contribution in [1.82, 2.24) is 0 Å². The number of allylic oxidation sites excluding steroid dienone is 2. The average Bonchev–Trinajstić information content (AvgIpc) is 2.83. The second-order valence-corrected chi connectivity index (χ2v) is 6.70. The predicted octanol–water partition coefficient (Wildman–Crippen LogP) is 2.84. The number of hydrogen-bond donors (Lipinski definition) is 1. The topological polar surface area (TPSA) is 65.0 Å². The molecule has 2 bridgehead atoms. The van der Waals surface area contributed by atoms with Crippen LogP contribution in [0.15, 0.2) is 42.7 Å². The fourth-order valence-electron chi connectivity index (χ4n) is 4.30. The van der Waals surface area contributed by atoms with Crippen LogP contribution in [0.2, 0.25) is 0 Å². The number of rotatable bonds is 6. The van der Waals surface area contributed by atoms with Crippen LogP contribution < -0.4 is 9.47 Å². The van der Waals surface area contributed by atoms with E-state index in [9.17, 15) is 9.90 Å². The van der Waals surface area contributed by atoms with Crippen molar-refractivity contribution >= 4 is 5.78 Å². The summed E-state index contributed by atoms with van der Waals surface area (Å²) < 4.78 is 16.0. The molecule has 0 aromatic heterocycles. The van der Waals surface area contributed by atoms with Crippen LogP contribution in [0.1, 0.15) is 24.3 Å². The highest BCUT2D eigenvalue weighted by atomic mass is 16.5. The molecule has 0 spiro atoms. The Balaban J connectivity index is 2.06. The number of benzene rings is 1. The summed E-state index contributed by atoms with van der Waals surface area (Å²) in [4.78, 5) is 12.8. The number of carbonyl (C=O) groups excluding carboxylic acids is 1. The Hall–Kier alpha value is -2.27. The van der Waals surface area contributed by atoms with E-state index < -0.39 is 17.4 Å². The fraction of sp³-hybridized carbons (Fsp3) is 0.450. The van der Waals surface area contributed by atoms with Crippen molar-refractivity contribution in [2.75, 3.05) is 21.3 Å². The molecule has 3 rings (SSSR count).